The summed E-state index contributed by atoms with van der Waals surface area (Å²) < 4.78 is 36.1. The highest BCUT2D eigenvalue weighted by molar-refractivity contribution is 6.20. The Labute approximate surface area is 92.1 Å². The standard InChI is InChI=1S/C11H12ClF3/c1-8-4-2-3-5-9(8)6-10(12)7-11(13,14)15/h2-5,10H,6-7H2,1H3. The van der Waals surface area contributed by atoms with Crippen LogP contribution in [0, 0.1) is 6.92 Å². The summed E-state index contributed by atoms with van der Waals surface area (Å²) in [5, 5.41) is -0.883. The molecule has 0 nitrogen and oxygen atoms in total. The number of alkyl halides is 4. The summed E-state index contributed by atoms with van der Waals surface area (Å²) in [6, 6.07) is 7.33. The molecule has 1 atom stereocenters. The predicted octanol–water partition coefficient (Wildman–Crippen LogP) is 4.10. The van der Waals surface area contributed by atoms with Crippen molar-refractivity contribution in [1.29, 1.82) is 0 Å². The zero-order valence-corrected chi connectivity index (χ0v) is 9.07. The van der Waals surface area contributed by atoms with Crippen LogP contribution in [0.25, 0.3) is 0 Å². The van der Waals surface area contributed by atoms with Crippen LogP contribution in [-0.4, -0.2) is 11.6 Å². The van der Waals surface area contributed by atoms with Gasteiger partial charge in [-0.25, -0.2) is 0 Å². The maximum Gasteiger partial charge on any atom is 0.390 e. The Bertz CT molecular complexity index is 320. The average Bonchev–Trinajstić information content (AvgIpc) is 2.05. The number of benzene rings is 1. The van der Waals surface area contributed by atoms with Crippen LogP contribution < -0.4 is 0 Å². The fourth-order valence-electron chi connectivity index (χ4n) is 1.40. The lowest BCUT2D eigenvalue weighted by molar-refractivity contribution is -0.134. The van der Waals surface area contributed by atoms with E-state index in [0.717, 1.165) is 11.1 Å². The van der Waals surface area contributed by atoms with Crippen LogP contribution in [0.3, 0.4) is 0 Å². The zero-order chi connectivity index (χ0) is 11.5. The molecule has 0 fully saturated rings. The van der Waals surface area contributed by atoms with Crippen molar-refractivity contribution in [1.82, 2.24) is 0 Å². The molecule has 0 saturated carbocycles. The summed E-state index contributed by atoms with van der Waals surface area (Å²) in [4.78, 5) is 0. The summed E-state index contributed by atoms with van der Waals surface area (Å²) >= 11 is 5.65. The quantitative estimate of drug-likeness (QED) is 0.694. The van der Waals surface area contributed by atoms with Crippen LogP contribution in [-0.2, 0) is 6.42 Å². The van der Waals surface area contributed by atoms with Crippen LogP contribution in [0.5, 0.6) is 0 Å². The van der Waals surface area contributed by atoms with E-state index in [2.05, 4.69) is 0 Å². The third-order valence-corrected chi connectivity index (χ3v) is 2.46. The number of hydrogen-bond acceptors (Lipinski definition) is 0. The van der Waals surface area contributed by atoms with E-state index in [1.807, 2.05) is 19.1 Å². The van der Waals surface area contributed by atoms with Crippen molar-refractivity contribution < 1.29 is 13.2 Å². The van der Waals surface area contributed by atoms with E-state index in [-0.39, 0.29) is 6.42 Å². The molecule has 0 aliphatic carbocycles. The van der Waals surface area contributed by atoms with Crippen LogP contribution in [0.4, 0.5) is 13.2 Å². The van der Waals surface area contributed by atoms with Gasteiger partial charge in [-0.05, 0) is 24.5 Å². The van der Waals surface area contributed by atoms with E-state index < -0.39 is 18.0 Å². The van der Waals surface area contributed by atoms with Crippen molar-refractivity contribution in [2.45, 2.75) is 31.3 Å². The first-order chi connectivity index (χ1) is 6.88. The molecular weight excluding hydrogens is 225 g/mol. The topological polar surface area (TPSA) is 0 Å². The maximum atomic E-state index is 12.0. The van der Waals surface area contributed by atoms with Crippen molar-refractivity contribution in [3.05, 3.63) is 35.4 Å². The third-order valence-electron chi connectivity index (χ3n) is 2.16. The van der Waals surface area contributed by atoms with Crippen LogP contribution in [0.1, 0.15) is 17.5 Å². The van der Waals surface area contributed by atoms with Crippen molar-refractivity contribution in [3.63, 3.8) is 0 Å². The summed E-state index contributed by atoms with van der Waals surface area (Å²) in [6.07, 6.45) is -4.87. The first-order valence-corrected chi connectivity index (χ1v) is 5.07. The Kier molecular flexibility index (Phi) is 4.03. The molecule has 1 rings (SSSR count). The molecule has 0 radical (unpaired) electrons. The smallest absolute Gasteiger partial charge is 0.171 e. The van der Waals surface area contributed by atoms with Gasteiger partial charge in [0.25, 0.3) is 0 Å². The van der Waals surface area contributed by atoms with E-state index in [0.29, 0.717) is 0 Å². The lowest BCUT2D eigenvalue weighted by Gasteiger charge is -2.13. The number of aryl methyl sites for hydroxylation is 1. The molecule has 0 N–H and O–H groups in total. The van der Waals surface area contributed by atoms with Gasteiger partial charge in [0.15, 0.2) is 0 Å². The summed E-state index contributed by atoms with van der Waals surface area (Å²) in [5.74, 6) is 0. The van der Waals surface area contributed by atoms with E-state index in [1.54, 1.807) is 12.1 Å². The second kappa shape index (κ2) is 4.88. The minimum absolute atomic E-state index is 0.258. The van der Waals surface area contributed by atoms with E-state index in [1.165, 1.54) is 0 Å². The summed E-state index contributed by atoms with van der Waals surface area (Å²) in [7, 11) is 0. The maximum absolute atomic E-state index is 12.0. The molecule has 4 heteroatoms. The van der Waals surface area contributed by atoms with Gasteiger partial charge < -0.3 is 0 Å². The number of halogens is 4. The second-order valence-electron chi connectivity index (χ2n) is 3.55. The van der Waals surface area contributed by atoms with Crippen LogP contribution >= 0.6 is 11.6 Å². The minimum Gasteiger partial charge on any atom is -0.171 e. The van der Waals surface area contributed by atoms with Gasteiger partial charge >= 0.3 is 6.18 Å². The molecule has 1 unspecified atom stereocenters. The Morgan fingerprint density at radius 3 is 2.40 bits per heavy atom. The first kappa shape index (κ1) is 12.4. The van der Waals surface area contributed by atoms with Crippen LogP contribution in [0.2, 0.25) is 0 Å². The van der Waals surface area contributed by atoms with E-state index in [4.69, 9.17) is 11.6 Å². The Morgan fingerprint density at radius 2 is 1.87 bits per heavy atom. The molecule has 0 saturated heterocycles. The highest BCUT2D eigenvalue weighted by Crippen LogP contribution is 2.26. The van der Waals surface area contributed by atoms with Crippen molar-refractivity contribution in [3.8, 4) is 0 Å². The van der Waals surface area contributed by atoms with Gasteiger partial charge in [0.2, 0.25) is 0 Å². The van der Waals surface area contributed by atoms with E-state index in [9.17, 15) is 13.2 Å². The number of hydrogen-bond donors (Lipinski definition) is 0. The Morgan fingerprint density at radius 1 is 1.27 bits per heavy atom. The van der Waals surface area contributed by atoms with Crippen molar-refractivity contribution >= 4 is 11.6 Å². The van der Waals surface area contributed by atoms with Gasteiger partial charge in [-0.3, -0.25) is 0 Å². The fourth-order valence-corrected chi connectivity index (χ4v) is 1.74. The molecule has 0 amide bonds. The molecule has 0 heterocycles. The summed E-state index contributed by atoms with van der Waals surface area (Å²) in [5.41, 5.74) is 1.85. The molecule has 0 spiro atoms. The molecule has 15 heavy (non-hydrogen) atoms. The largest absolute Gasteiger partial charge is 0.390 e. The fraction of sp³-hybridized carbons (Fsp3) is 0.455. The molecule has 1 aromatic carbocycles. The summed E-state index contributed by atoms with van der Waals surface area (Å²) in [6.45, 7) is 1.87. The third kappa shape index (κ3) is 4.56. The lowest BCUT2D eigenvalue weighted by atomic mass is 10.0. The molecule has 0 aliphatic heterocycles. The lowest BCUT2D eigenvalue weighted by Crippen LogP contribution is -2.17. The van der Waals surface area contributed by atoms with Gasteiger partial charge in [-0.1, -0.05) is 24.3 Å². The molecular formula is C11H12ClF3. The Hall–Kier alpha value is -0.700. The normalized spacial score (nSPS) is 13.9. The highest BCUT2D eigenvalue weighted by atomic mass is 35.5. The van der Waals surface area contributed by atoms with Gasteiger partial charge in [0.05, 0.1) is 6.42 Å². The minimum atomic E-state index is -4.19. The van der Waals surface area contributed by atoms with Crippen LogP contribution in [0.15, 0.2) is 24.3 Å². The molecule has 1 aromatic rings. The highest BCUT2D eigenvalue weighted by Gasteiger charge is 2.31. The zero-order valence-electron chi connectivity index (χ0n) is 8.31. The van der Waals surface area contributed by atoms with Gasteiger partial charge in [0, 0.05) is 5.38 Å². The van der Waals surface area contributed by atoms with Gasteiger partial charge in [-0.2, -0.15) is 13.2 Å². The second-order valence-corrected chi connectivity index (χ2v) is 4.16. The Balaban J connectivity index is 2.59. The SMILES string of the molecule is Cc1ccccc1CC(Cl)CC(F)(F)F. The average molecular weight is 237 g/mol. The molecule has 0 aromatic heterocycles. The molecule has 0 bridgehead atoms. The molecule has 0 aliphatic rings. The van der Waals surface area contributed by atoms with Crippen molar-refractivity contribution in [2.24, 2.45) is 0 Å². The predicted molar refractivity (Wildman–Crippen MR) is 55.2 cm³/mol. The van der Waals surface area contributed by atoms with Gasteiger partial charge in [-0.15, -0.1) is 11.6 Å². The molecule has 84 valence electrons. The monoisotopic (exact) mass is 236 g/mol. The van der Waals surface area contributed by atoms with Crippen molar-refractivity contribution in [2.75, 3.05) is 0 Å². The first-order valence-electron chi connectivity index (χ1n) is 4.64. The number of rotatable bonds is 3. The van der Waals surface area contributed by atoms with E-state index >= 15 is 0 Å². The van der Waals surface area contributed by atoms with Gasteiger partial charge in [0.1, 0.15) is 0 Å².